The molecule has 2 heterocycles. The normalized spacial score (nSPS) is 28.7. The zero-order valence-electron chi connectivity index (χ0n) is 10.7. The molecule has 4 heteroatoms. The van der Waals surface area contributed by atoms with Gasteiger partial charge >= 0.3 is 0 Å². The maximum atomic E-state index is 12.0. The molecule has 2 saturated heterocycles. The Kier molecular flexibility index (Phi) is 4.86. The van der Waals surface area contributed by atoms with Crippen LogP contribution in [0.4, 0.5) is 0 Å². The Bertz CT molecular complexity index is 266. The van der Waals surface area contributed by atoms with Crippen LogP contribution in [-0.2, 0) is 4.79 Å². The van der Waals surface area contributed by atoms with Crippen LogP contribution in [0.3, 0.4) is 0 Å². The number of piperidine rings is 1. The second kappa shape index (κ2) is 6.19. The number of hydrogen-bond acceptors (Lipinski definition) is 2. The van der Waals surface area contributed by atoms with E-state index in [2.05, 4.69) is 27.8 Å². The second-order valence-electron chi connectivity index (χ2n) is 5.51. The molecule has 1 amide bonds. The largest absolute Gasteiger partial charge is 0.341 e. The Morgan fingerprint density at radius 1 is 1.24 bits per heavy atom. The van der Waals surface area contributed by atoms with E-state index in [0.717, 1.165) is 32.5 Å². The fourth-order valence-electron chi connectivity index (χ4n) is 2.91. The molecule has 17 heavy (non-hydrogen) atoms. The van der Waals surface area contributed by atoms with Crippen LogP contribution >= 0.6 is 15.9 Å². The lowest BCUT2D eigenvalue weighted by Gasteiger charge is -2.33. The van der Waals surface area contributed by atoms with Crippen molar-refractivity contribution in [3.8, 4) is 0 Å². The average molecular weight is 303 g/mol. The van der Waals surface area contributed by atoms with Gasteiger partial charge < -0.3 is 9.80 Å². The fraction of sp³-hybridized carbons (Fsp3) is 0.923. The smallest absolute Gasteiger partial charge is 0.236 e. The lowest BCUT2D eigenvalue weighted by molar-refractivity contribution is -0.133. The highest BCUT2D eigenvalue weighted by molar-refractivity contribution is 9.10. The summed E-state index contributed by atoms with van der Waals surface area (Å²) in [5.41, 5.74) is 0. The molecule has 3 nitrogen and oxygen atoms in total. The highest BCUT2D eigenvalue weighted by Gasteiger charge is 2.27. The Hall–Kier alpha value is -0.0900. The third-order valence-corrected chi connectivity index (χ3v) is 4.62. The number of likely N-dealkylation sites (tertiary alicyclic amines) is 2. The van der Waals surface area contributed by atoms with Gasteiger partial charge in [0.15, 0.2) is 0 Å². The molecule has 2 fully saturated rings. The van der Waals surface area contributed by atoms with Gasteiger partial charge in [-0.1, -0.05) is 22.9 Å². The summed E-state index contributed by atoms with van der Waals surface area (Å²) < 4.78 is 0. The molecular formula is C13H23BrN2O. The van der Waals surface area contributed by atoms with Crippen LogP contribution in [0.1, 0.15) is 32.6 Å². The van der Waals surface area contributed by atoms with Crippen LogP contribution in [-0.4, -0.2) is 53.3 Å². The first kappa shape index (κ1) is 13.3. The summed E-state index contributed by atoms with van der Waals surface area (Å²) in [6.45, 7) is 7.79. The molecule has 0 aromatic rings. The van der Waals surface area contributed by atoms with Crippen molar-refractivity contribution in [3.05, 3.63) is 0 Å². The molecule has 0 aromatic carbocycles. The van der Waals surface area contributed by atoms with Crippen LogP contribution in [0.15, 0.2) is 0 Å². The van der Waals surface area contributed by atoms with Gasteiger partial charge in [-0.05, 0) is 44.7 Å². The summed E-state index contributed by atoms with van der Waals surface area (Å²) in [6.07, 6.45) is 4.83. The van der Waals surface area contributed by atoms with E-state index in [0.29, 0.717) is 11.8 Å². The van der Waals surface area contributed by atoms with Crippen molar-refractivity contribution in [2.24, 2.45) is 5.92 Å². The zero-order chi connectivity index (χ0) is 12.3. The minimum Gasteiger partial charge on any atom is -0.341 e. The number of carbonyl (C=O) groups is 1. The van der Waals surface area contributed by atoms with Crippen molar-refractivity contribution in [2.75, 3.05) is 32.7 Å². The number of rotatable bonds is 4. The molecule has 0 saturated carbocycles. The molecule has 2 atom stereocenters. The van der Waals surface area contributed by atoms with Gasteiger partial charge in [-0.2, -0.15) is 0 Å². The highest BCUT2D eigenvalue weighted by Crippen LogP contribution is 2.20. The van der Waals surface area contributed by atoms with E-state index >= 15 is 0 Å². The zero-order valence-corrected chi connectivity index (χ0v) is 12.3. The predicted molar refractivity (Wildman–Crippen MR) is 73.4 cm³/mol. The number of carbonyl (C=O) groups excluding carboxylic acids is 1. The van der Waals surface area contributed by atoms with Gasteiger partial charge in [0.2, 0.25) is 5.91 Å². The van der Waals surface area contributed by atoms with E-state index in [4.69, 9.17) is 0 Å². The lowest BCUT2D eigenvalue weighted by atomic mass is 10.1. The van der Waals surface area contributed by atoms with Crippen molar-refractivity contribution in [2.45, 2.75) is 37.4 Å². The van der Waals surface area contributed by atoms with E-state index in [1.165, 1.54) is 25.9 Å². The summed E-state index contributed by atoms with van der Waals surface area (Å²) in [4.78, 5) is 16.6. The number of nitrogens with zero attached hydrogens (tertiary/aromatic N) is 2. The third-order valence-electron chi connectivity index (χ3n) is 3.77. The Morgan fingerprint density at radius 3 is 2.65 bits per heavy atom. The first-order valence-corrected chi connectivity index (χ1v) is 7.73. The summed E-state index contributed by atoms with van der Waals surface area (Å²) in [6, 6.07) is 0. The maximum absolute atomic E-state index is 12.0. The molecule has 0 aromatic heterocycles. The van der Waals surface area contributed by atoms with E-state index in [1.54, 1.807) is 0 Å². The van der Waals surface area contributed by atoms with Crippen LogP contribution < -0.4 is 0 Å². The van der Waals surface area contributed by atoms with Gasteiger partial charge in [-0.15, -0.1) is 0 Å². The van der Waals surface area contributed by atoms with Crippen LogP contribution in [0.5, 0.6) is 0 Å². The van der Waals surface area contributed by atoms with Crippen molar-refractivity contribution in [3.63, 3.8) is 0 Å². The fourth-order valence-corrected chi connectivity index (χ4v) is 3.53. The monoisotopic (exact) mass is 302 g/mol. The van der Waals surface area contributed by atoms with Crippen LogP contribution in [0.25, 0.3) is 0 Å². The topological polar surface area (TPSA) is 23.6 Å². The Morgan fingerprint density at radius 2 is 1.94 bits per heavy atom. The molecule has 98 valence electrons. The summed E-state index contributed by atoms with van der Waals surface area (Å²) in [5, 5.41) is 0. The second-order valence-corrected chi connectivity index (χ2v) is 6.61. The Balaban J connectivity index is 1.76. The van der Waals surface area contributed by atoms with Crippen molar-refractivity contribution in [1.29, 1.82) is 0 Å². The first-order chi connectivity index (χ1) is 8.16. The molecule has 2 aliphatic heterocycles. The van der Waals surface area contributed by atoms with Crippen molar-refractivity contribution in [1.82, 2.24) is 9.80 Å². The highest BCUT2D eigenvalue weighted by atomic mass is 79.9. The number of amides is 1. The van der Waals surface area contributed by atoms with Crippen LogP contribution in [0.2, 0.25) is 0 Å². The minimum absolute atomic E-state index is 0.0650. The molecule has 0 spiro atoms. The number of hydrogen-bond donors (Lipinski definition) is 0. The van der Waals surface area contributed by atoms with Gasteiger partial charge in [-0.25, -0.2) is 0 Å². The molecule has 0 radical (unpaired) electrons. The predicted octanol–water partition coefficient (Wildman–Crippen LogP) is 2.10. The average Bonchev–Trinajstić information content (AvgIpc) is 2.77. The molecule has 2 aliphatic rings. The molecule has 2 rings (SSSR count). The van der Waals surface area contributed by atoms with Gasteiger partial charge in [0.25, 0.3) is 0 Å². The van der Waals surface area contributed by atoms with Crippen LogP contribution in [0, 0.1) is 5.92 Å². The summed E-state index contributed by atoms with van der Waals surface area (Å²) in [7, 11) is 0. The molecule has 0 bridgehead atoms. The van der Waals surface area contributed by atoms with Crippen molar-refractivity contribution >= 4 is 21.8 Å². The van der Waals surface area contributed by atoms with E-state index < -0.39 is 0 Å². The number of halogens is 1. The van der Waals surface area contributed by atoms with Gasteiger partial charge in [0, 0.05) is 19.6 Å². The van der Waals surface area contributed by atoms with Gasteiger partial charge in [0.05, 0.1) is 4.83 Å². The van der Waals surface area contributed by atoms with E-state index in [9.17, 15) is 4.79 Å². The number of alkyl halides is 1. The lowest BCUT2D eigenvalue weighted by Crippen LogP contribution is -2.45. The third kappa shape index (κ3) is 3.68. The summed E-state index contributed by atoms with van der Waals surface area (Å²) >= 11 is 3.47. The molecular weight excluding hydrogens is 280 g/mol. The van der Waals surface area contributed by atoms with E-state index in [-0.39, 0.29) is 4.83 Å². The summed E-state index contributed by atoms with van der Waals surface area (Å²) in [5.74, 6) is 0.888. The maximum Gasteiger partial charge on any atom is 0.236 e. The quantitative estimate of drug-likeness (QED) is 0.743. The standard InChI is InChI=1S/C13H23BrN2O/c1-11(9-15-6-2-3-7-15)10-16-8-4-5-12(14)13(16)17/h11-12H,2-10H2,1H3. The molecule has 0 aliphatic carbocycles. The van der Waals surface area contributed by atoms with Crippen molar-refractivity contribution < 1.29 is 4.79 Å². The van der Waals surface area contributed by atoms with E-state index in [1.807, 2.05) is 4.90 Å². The minimum atomic E-state index is 0.0650. The molecule has 0 N–H and O–H groups in total. The molecule has 2 unspecified atom stereocenters. The Labute approximate surface area is 113 Å². The van der Waals surface area contributed by atoms with Gasteiger partial charge in [-0.3, -0.25) is 4.79 Å². The van der Waals surface area contributed by atoms with Gasteiger partial charge in [0.1, 0.15) is 0 Å². The first-order valence-electron chi connectivity index (χ1n) is 6.82. The SMILES string of the molecule is CC(CN1CCCC1)CN1CCCC(Br)C1=O.